The Hall–Kier alpha value is -2.38. The zero-order valence-electron chi connectivity index (χ0n) is 15.4. The van der Waals surface area contributed by atoms with Gasteiger partial charge in [-0.05, 0) is 43.5 Å². The van der Waals surface area contributed by atoms with E-state index in [0.29, 0.717) is 12.5 Å². The Bertz CT molecular complexity index is 855. The molecule has 0 fully saturated rings. The van der Waals surface area contributed by atoms with E-state index in [1.165, 1.54) is 28.8 Å². The lowest BCUT2D eigenvalue weighted by molar-refractivity contribution is 0.597. The summed E-state index contributed by atoms with van der Waals surface area (Å²) in [6.07, 6.45) is 0.909. The maximum atomic E-state index is 11.3. The first-order valence-corrected chi connectivity index (χ1v) is 9.96. The number of nitrogens with one attached hydrogen (secondary N) is 2. The van der Waals surface area contributed by atoms with E-state index in [2.05, 4.69) is 47.7 Å². The minimum Gasteiger partial charge on any atom is -0.356 e. The van der Waals surface area contributed by atoms with Crippen molar-refractivity contribution in [1.82, 2.24) is 10.6 Å². The van der Waals surface area contributed by atoms with Crippen LogP contribution < -0.4 is 15.8 Å². The van der Waals surface area contributed by atoms with Crippen LogP contribution in [0.15, 0.2) is 52.4 Å². The summed E-state index contributed by atoms with van der Waals surface area (Å²) in [5.41, 5.74) is 4.77. The number of primary sulfonamides is 1. The summed E-state index contributed by atoms with van der Waals surface area (Å²) < 4.78 is 22.5. The fourth-order valence-corrected chi connectivity index (χ4v) is 3.26. The first-order valence-electron chi connectivity index (χ1n) is 8.41. The van der Waals surface area contributed by atoms with Gasteiger partial charge in [0.2, 0.25) is 10.0 Å². The number of aliphatic imine (C=N–C) groups is 1. The standard InChI is InChI=1S/C19H26N4O2S/c1-14-10-15(2)12-17(11-14)8-9-22-19(21-3)23-13-16-4-6-18(7-5-16)26(20,24)25/h4-7,10-12H,8-9,13H2,1-3H3,(H2,20,24,25)(H2,21,22,23). The third-order valence-electron chi connectivity index (χ3n) is 3.92. The van der Waals surface area contributed by atoms with Gasteiger partial charge in [-0.2, -0.15) is 0 Å². The number of hydrogen-bond donors (Lipinski definition) is 3. The maximum Gasteiger partial charge on any atom is 0.238 e. The number of hydrogen-bond acceptors (Lipinski definition) is 3. The normalized spacial score (nSPS) is 12.1. The molecule has 0 atom stereocenters. The molecule has 0 aliphatic carbocycles. The molecule has 0 amide bonds. The van der Waals surface area contributed by atoms with Crippen LogP contribution in [0.2, 0.25) is 0 Å². The molecule has 0 aliphatic heterocycles. The molecule has 26 heavy (non-hydrogen) atoms. The van der Waals surface area contributed by atoms with Gasteiger partial charge in [0, 0.05) is 20.1 Å². The van der Waals surface area contributed by atoms with Gasteiger partial charge < -0.3 is 10.6 Å². The number of aryl methyl sites for hydroxylation is 2. The Morgan fingerprint density at radius 3 is 2.15 bits per heavy atom. The molecule has 0 bridgehead atoms. The van der Waals surface area contributed by atoms with Gasteiger partial charge in [0.15, 0.2) is 5.96 Å². The fourth-order valence-electron chi connectivity index (χ4n) is 2.74. The number of guanidine groups is 1. The lowest BCUT2D eigenvalue weighted by Crippen LogP contribution is -2.37. The summed E-state index contributed by atoms with van der Waals surface area (Å²) >= 11 is 0. The summed E-state index contributed by atoms with van der Waals surface area (Å²) in [5.74, 6) is 0.699. The Morgan fingerprint density at radius 1 is 1.00 bits per heavy atom. The van der Waals surface area contributed by atoms with E-state index >= 15 is 0 Å². The molecular weight excluding hydrogens is 348 g/mol. The molecule has 0 radical (unpaired) electrons. The first-order chi connectivity index (χ1) is 12.3. The van der Waals surface area contributed by atoms with E-state index < -0.39 is 10.0 Å². The molecule has 2 aromatic rings. The van der Waals surface area contributed by atoms with E-state index in [1.54, 1.807) is 19.2 Å². The van der Waals surface area contributed by atoms with E-state index in [4.69, 9.17) is 5.14 Å². The third kappa shape index (κ3) is 6.16. The van der Waals surface area contributed by atoms with Crippen LogP contribution in [0.4, 0.5) is 0 Å². The molecule has 0 saturated carbocycles. The second kappa shape index (κ2) is 8.82. The molecule has 2 aromatic carbocycles. The van der Waals surface area contributed by atoms with Crippen molar-refractivity contribution in [1.29, 1.82) is 0 Å². The molecule has 0 saturated heterocycles. The Morgan fingerprint density at radius 2 is 1.62 bits per heavy atom. The number of rotatable bonds is 6. The van der Waals surface area contributed by atoms with Crippen molar-refractivity contribution in [2.45, 2.75) is 31.7 Å². The largest absolute Gasteiger partial charge is 0.356 e. The van der Waals surface area contributed by atoms with Crippen molar-refractivity contribution in [3.63, 3.8) is 0 Å². The van der Waals surface area contributed by atoms with Crippen LogP contribution in [0.3, 0.4) is 0 Å². The monoisotopic (exact) mass is 374 g/mol. The predicted octanol–water partition coefficient (Wildman–Crippen LogP) is 1.86. The second-order valence-electron chi connectivity index (χ2n) is 6.29. The van der Waals surface area contributed by atoms with Gasteiger partial charge in [-0.25, -0.2) is 13.6 Å². The zero-order chi connectivity index (χ0) is 19.2. The van der Waals surface area contributed by atoms with E-state index in [9.17, 15) is 8.42 Å². The van der Waals surface area contributed by atoms with E-state index in [1.807, 2.05) is 0 Å². The van der Waals surface area contributed by atoms with Crippen molar-refractivity contribution in [3.8, 4) is 0 Å². The molecule has 6 nitrogen and oxygen atoms in total. The maximum absolute atomic E-state index is 11.3. The molecule has 2 rings (SSSR count). The van der Waals surface area contributed by atoms with Crippen molar-refractivity contribution in [3.05, 3.63) is 64.7 Å². The van der Waals surface area contributed by atoms with Crippen LogP contribution in [0.5, 0.6) is 0 Å². The molecular formula is C19H26N4O2S. The third-order valence-corrected chi connectivity index (χ3v) is 4.85. The Kier molecular flexibility index (Phi) is 6.76. The topological polar surface area (TPSA) is 96.6 Å². The molecule has 0 aromatic heterocycles. The number of benzene rings is 2. The highest BCUT2D eigenvalue weighted by molar-refractivity contribution is 7.89. The van der Waals surface area contributed by atoms with Gasteiger partial charge in [0.05, 0.1) is 4.90 Å². The van der Waals surface area contributed by atoms with Gasteiger partial charge in [-0.1, -0.05) is 41.5 Å². The van der Waals surface area contributed by atoms with Crippen molar-refractivity contribution in [2.24, 2.45) is 10.1 Å². The Balaban J connectivity index is 1.84. The average molecular weight is 375 g/mol. The fraction of sp³-hybridized carbons (Fsp3) is 0.316. The van der Waals surface area contributed by atoms with Gasteiger partial charge >= 0.3 is 0 Å². The summed E-state index contributed by atoms with van der Waals surface area (Å²) in [5, 5.41) is 11.6. The van der Waals surface area contributed by atoms with Gasteiger partial charge in [0.1, 0.15) is 0 Å². The first kappa shape index (κ1) is 19.9. The number of nitrogens with two attached hydrogens (primary N) is 1. The summed E-state index contributed by atoms with van der Waals surface area (Å²) in [4.78, 5) is 4.31. The van der Waals surface area contributed by atoms with Crippen molar-refractivity contribution >= 4 is 16.0 Å². The molecule has 0 aliphatic rings. The quantitative estimate of drug-likeness (QED) is 0.531. The van der Waals surface area contributed by atoms with Crippen LogP contribution in [0, 0.1) is 13.8 Å². The molecule has 7 heteroatoms. The summed E-state index contributed by atoms with van der Waals surface area (Å²) in [6, 6.07) is 13.0. The van der Waals surface area contributed by atoms with Gasteiger partial charge in [-0.3, -0.25) is 4.99 Å². The van der Waals surface area contributed by atoms with Crippen molar-refractivity contribution < 1.29 is 8.42 Å². The highest BCUT2D eigenvalue weighted by Gasteiger charge is 2.07. The minimum absolute atomic E-state index is 0.109. The highest BCUT2D eigenvalue weighted by atomic mass is 32.2. The number of nitrogens with zero attached hydrogens (tertiary/aromatic N) is 1. The van der Waals surface area contributed by atoms with Crippen LogP contribution in [-0.4, -0.2) is 28.0 Å². The SMILES string of the molecule is CN=C(NCCc1cc(C)cc(C)c1)NCc1ccc(S(N)(=O)=O)cc1. The van der Waals surface area contributed by atoms with Crippen molar-refractivity contribution in [2.75, 3.05) is 13.6 Å². The van der Waals surface area contributed by atoms with Crippen LogP contribution in [-0.2, 0) is 23.0 Å². The highest BCUT2D eigenvalue weighted by Crippen LogP contribution is 2.09. The van der Waals surface area contributed by atoms with Crippen LogP contribution in [0.1, 0.15) is 22.3 Å². The number of sulfonamides is 1. The Labute approximate surface area is 155 Å². The lowest BCUT2D eigenvalue weighted by Gasteiger charge is -2.12. The smallest absolute Gasteiger partial charge is 0.238 e. The lowest BCUT2D eigenvalue weighted by atomic mass is 10.1. The molecule has 4 N–H and O–H groups in total. The molecule has 0 unspecified atom stereocenters. The van der Waals surface area contributed by atoms with Gasteiger partial charge in [0.25, 0.3) is 0 Å². The van der Waals surface area contributed by atoms with Crippen LogP contribution in [0.25, 0.3) is 0 Å². The molecule has 140 valence electrons. The van der Waals surface area contributed by atoms with Crippen LogP contribution >= 0.6 is 0 Å². The average Bonchev–Trinajstić information content (AvgIpc) is 2.56. The molecule has 0 heterocycles. The zero-order valence-corrected chi connectivity index (χ0v) is 16.2. The minimum atomic E-state index is -3.66. The summed E-state index contributed by atoms with van der Waals surface area (Å²) in [7, 11) is -1.94. The second-order valence-corrected chi connectivity index (χ2v) is 7.85. The van der Waals surface area contributed by atoms with E-state index in [-0.39, 0.29) is 4.90 Å². The predicted molar refractivity (Wildman–Crippen MR) is 106 cm³/mol. The summed E-state index contributed by atoms with van der Waals surface area (Å²) in [6.45, 7) is 5.51. The van der Waals surface area contributed by atoms with Gasteiger partial charge in [-0.15, -0.1) is 0 Å². The molecule has 0 spiro atoms. The van der Waals surface area contributed by atoms with E-state index in [0.717, 1.165) is 18.5 Å².